The van der Waals surface area contributed by atoms with E-state index in [1.807, 2.05) is 30.8 Å². The molecule has 0 radical (unpaired) electrons. The van der Waals surface area contributed by atoms with Crippen molar-refractivity contribution in [1.82, 2.24) is 0 Å². The molecule has 1 fully saturated rings. The predicted octanol–water partition coefficient (Wildman–Crippen LogP) is 2.62. The number of hydrogen-bond acceptors (Lipinski definition) is 3. The third kappa shape index (κ3) is 2.41. The van der Waals surface area contributed by atoms with Gasteiger partial charge in [-0.05, 0) is 19.4 Å². The fraction of sp³-hybridized carbons (Fsp3) is 0.545. The van der Waals surface area contributed by atoms with E-state index in [1.165, 1.54) is 5.75 Å². The molecular formula is C11H15NOS. The largest absolute Gasteiger partial charge is 0.496 e. The van der Waals surface area contributed by atoms with E-state index in [4.69, 9.17) is 10.1 Å². The average Bonchev–Trinajstić information content (AvgIpc) is 2.98. The Hall–Kier alpha value is -0.700. The molecule has 1 aliphatic carbocycles. The predicted molar refractivity (Wildman–Crippen MR) is 60.9 cm³/mol. The van der Waals surface area contributed by atoms with Crippen molar-refractivity contribution in [3.63, 3.8) is 0 Å². The van der Waals surface area contributed by atoms with E-state index < -0.39 is 0 Å². The SMILES string of the molecule is CC(=N)C1CC=CC=C1OCC1CS1. The summed E-state index contributed by atoms with van der Waals surface area (Å²) in [5.41, 5.74) is 0.698. The highest BCUT2D eigenvalue weighted by molar-refractivity contribution is 8.06. The fourth-order valence-electron chi connectivity index (χ4n) is 1.50. The zero-order valence-electron chi connectivity index (χ0n) is 8.32. The number of nitrogens with one attached hydrogen (secondary N) is 1. The van der Waals surface area contributed by atoms with Crippen LogP contribution in [0.4, 0.5) is 0 Å². The topological polar surface area (TPSA) is 33.1 Å². The Labute approximate surface area is 88.9 Å². The summed E-state index contributed by atoms with van der Waals surface area (Å²) in [6.45, 7) is 2.67. The lowest BCUT2D eigenvalue weighted by Crippen LogP contribution is -2.17. The molecule has 0 aromatic rings. The molecule has 0 spiro atoms. The molecule has 0 amide bonds. The molecule has 76 valence electrons. The van der Waals surface area contributed by atoms with Gasteiger partial charge < -0.3 is 10.1 Å². The molecule has 2 atom stereocenters. The highest BCUT2D eigenvalue weighted by Gasteiger charge is 2.25. The molecule has 1 N–H and O–H groups in total. The third-order valence-electron chi connectivity index (χ3n) is 2.47. The minimum Gasteiger partial charge on any atom is -0.496 e. The molecule has 2 aliphatic rings. The van der Waals surface area contributed by atoms with Gasteiger partial charge in [-0.2, -0.15) is 11.8 Å². The van der Waals surface area contributed by atoms with Gasteiger partial charge in [-0.25, -0.2) is 0 Å². The van der Waals surface area contributed by atoms with Crippen LogP contribution in [-0.2, 0) is 4.74 Å². The van der Waals surface area contributed by atoms with Crippen LogP contribution < -0.4 is 0 Å². The van der Waals surface area contributed by atoms with Crippen LogP contribution in [0.5, 0.6) is 0 Å². The van der Waals surface area contributed by atoms with E-state index in [-0.39, 0.29) is 5.92 Å². The van der Waals surface area contributed by atoms with E-state index in [2.05, 4.69) is 6.08 Å². The second kappa shape index (κ2) is 4.22. The minimum atomic E-state index is 0.184. The van der Waals surface area contributed by atoms with E-state index in [9.17, 15) is 0 Å². The summed E-state index contributed by atoms with van der Waals surface area (Å²) >= 11 is 1.94. The summed E-state index contributed by atoms with van der Waals surface area (Å²) < 4.78 is 5.73. The fourth-order valence-corrected chi connectivity index (χ4v) is 1.90. The molecule has 1 heterocycles. The summed E-state index contributed by atoms with van der Waals surface area (Å²) in [6, 6.07) is 0. The lowest BCUT2D eigenvalue weighted by Gasteiger charge is -2.20. The van der Waals surface area contributed by atoms with Gasteiger partial charge in [0, 0.05) is 16.7 Å². The van der Waals surface area contributed by atoms with E-state index in [0.29, 0.717) is 11.0 Å². The first-order chi connectivity index (χ1) is 6.77. The van der Waals surface area contributed by atoms with Crippen molar-refractivity contribution in [2.45, 2.75) is 18.6 Å². The van der Waals surface area contributed by atoms with Gasteiger partial charge in [-0.3, -0.25) is 0 Å². The molecule has 0 saturated carbocycles. The van der Waals surface area contributed by atoms with Gasteiger partial charge in [-0.15, -0.1) is 0 Å². The van der Waals surface area contributed by atoms with Gasteiger partial charge in [0.1, 0.15) is 12.4 Å². The van der Waals surface area contributed by atoms with Crippen molar-refractivity contribution in [3.8, 4) is 0 Å². The van der Waals surface area contributed by atoms with Crippen LogP contribution in [0.3, 0.4) is 0 Å². The molecule has 1 saturated heterocycles. The first kappa shape index (κ1) is 9.84. The third-order valence-corrected chi connectivity index (χ3v) is 3.41. The van der Waals surface area contributed by atoms with Crippen molar-refractivity contribution >= 4 is 17.5 Å². The van der Waals surface area contributed by atoms with Crippen molar-refractivity contribution in [2.75, 3.05) is 12.4 Å². The van der Waals surface area contributed by atoms with Crippen LogP contribution in [0.25, 0.3) is 0 Å². The monoisotopic (exact) mass is 209 g/mol. The summed E-state index contributed by atoms with van der Waals surface area (Å²) in [5, 5.41) is 8.36. The number of rotatable bonds is 4. The molecule has 2 nitrogen and oxygen atoms in total. The van der Waals surface area contributed by atoms with Gasteiger partial charge in [0.25, 0.3) is 0 Å². The van der Waals surface area contributed by atoms with Crippen LogP contribution in [0.1, 0.15) is 13.3 Å². The molecule has 0 aromatic heterocycles. The Balaban J connectivity index is 1.93. The first-order valence-corrected chi connectivity index (χ1v) is 5.98. The number of ether oxygens (including phenoxy) is 1. The maximum Gasteiger partial charge on any atom is 0.105 e. The van der Waals surface area contributed by atoms with E-state index in [1.54, 1.807) is 0 Å². The highest BCUT2D eigenvalue weighted by Crippen LogP contribution is 2.32. The molecule has 2 unspecified atom stereocenters. The maximum absolute atomic E-state index is 7.66. The quantitative estimate of drug-likeness (QED) is 0.570. The van der Waals surface area contributed by atoms with Crippen LogP contribution in [0, 0.1) is 11.3 Å². The standard InChI is InChI=1S/C11H15NOS/c1-8(12)10-4-2-3-5-11(10)13-6-9-7-14-9/h2-3,5,9-10,12H,4,6-7H2,1H3. The zero-order valence-corrected chi connectivity index (χ0v) is 9.14. The maximum atomic E-state index is 7.66. The highest BCUT2D eigenvalue weighted by atomic mass is 32.2. The van der Waals surface area contributed by atoms with Gasteiger partial charge in [-0.1, -0.05) is 12.2 Å². The van der Waals surface area contributed by atoms with Crippen molar-refractivity contribution in [3.05, 3.63) is 24.0 Å². The van der Waals surface area contributed by atoms with Gasteiger partial charge in [0.15, 0.2) is 0 Å². The average molecular weight is 209 g/mol. The van der Waals surface area contributed by atoms with Crippen LogP contribution in [0.15, 0.2) is 24.0 Å². The minimum absolute atomic E-state index is 0.184. The Bertz CT molecular complexity index is 292. The summed E-state index contributed by atoms with van der Waals surface area (Å²) in [7, 11) is 0. The van der Waals surface area contributed by atoms with E-state index >= 15 is 0 Å². The molecule has 0 aromatic carbocycles. The van der Waals surface area contributed by atoms with Crippen molar-refractivity contribution in [1.29, 1.82) is 5.41 Å². The number of allylic oxidation sites excluding steroid dienone is 4. The Morgan fingerprint density at radius 3 is 3.14 bits per heavy atom. The normalized spacial score (nSPS) is 29.6. The lowest BCUT2D eigenvalue weighted by atomic mass is 9.94. The van der Waals surface area contributed by atoms with Crippen LogP contribution in [0.2, 0.25) is 0 Å². The molecule has 2 rings (SSSR count). The molecule has 3 heteroatoms. The van der Waals surface area contributed by atoms with Gasteiger partial charge in [0.05, 0.1) is 5.92 Å². The van der Waals surface area contributed by atoms with Crippen molar-refractivity contribution < 1.29 is 4.74 Å². The molecule has 14 heavy (non-hydrogen) atoms. The van der Waals surface area contributed by atoms with Gasteiger partial charge >= 0.3 is 0 Å². The summed E-state index contributed by atoms with van der Waals surface area (Å²) in [5.74, 6) is 2.40. The Kier molecular flexibility index (Phi) is 2.96. The summed E-state index contributed by atoms with van der Waals surface area (Å²) in [4.78, 5) is 0. The second-order valence-electron chi connectivity index (χ2n) is 3.73. The summed E-state index contributed by atoms with van der Waals surface area (Å²) in [6.07, 6.45) is 7.04. The van der Waals surface area contributed by atoms with Crippen LogP contribution in [-0.4, -0.2) is 23.3 Å². The number of hydrogen-bond donors (Lipinski definition) is 1. The Morgan fingerprint density at radius 1 is 1.71 bits per heavy atom. The van der Waals surface area contributed by atoms with Gasteiger partial charge in [0.2, 0.25) is 0 Å². The van der Waals surface area contributed by atoms with Crippen molar-refractivity contribution in [2.24, 2.45) is 5.92 Å². The molecule has 1 aliphatic heterocycles. The number of thioether (sulfide) groups is 1. The van der Waals surface area contributed by atoms with Crippen LogP contribution >= 0.6 is 11.8 Å². The first-order valence-electron chi connectivity index (χ1n) is 4.93. The second-order valence-corrected chi connectivity index (χ2v) is 5.07. The molecule has 0 bridgehead atoms. The molecular weight excluding hydrogens is 194 g/mol. The zero-order chi connectivity index (χ0) is 9.97. The Morgan fingerprint density at radius 2 is 2.50 bits per heavy atom. The smallest absolute Gasteiger partial charge is 0.105 e. The van der Waals surface area contributed by atoms with E-state index in [0.717, 1.165) is 18.8 Å². The lowest BCUT2D eigenvalue weighted by molar-refractivity contribution is 0.198.